The van der Waals surface area contributed by atoms with E-state index < -0.39 is 0 Å². The van der Waals surface area contributed by atoms with Gasteiger partial charge in [0.2, 0.25) is 0 Å². The molecule has 2 saturated heterocycles. The van der Waals surface area contributed by atoms with Gasteiger partial charge >= 0.3 is 0 Å². The van der Waals surface area contributed by atoms with Crippen LogP contribution in [-0.2, 0) is 0 Å². The van der Waals surface area contributed by atoms with Crippen molar-refractivity contribution in [2.24, 2.45) is 5.73 Å². The summed E-state index contributed by atoms with van der Waals surface area (Å²) in [5.74, 6) is -0.275. The van der Waals surface area contributed by atoms with Crippen molar-refractivity contribution in [3.05, 3.63) is 29.0 Å². The first-order chi connectivity index (χ1) is 9.64. The molecule has 0 amide bonds. The first-order valence-corrected chi connectivity index (χ1v) is 7.70. The van der Waals surface area contributed by atoms with E-state index in [1.807, 2.05) is 0 Å². The molecular formula is C15H21ClFN3. The zero-order chi connectivity index (χ0) is 14.2. The van der Waals surface area contributed by atoms with E-state index in [9.17, 15) is 4.39 Å². The van der Waals surface area contributed by atoms with Gasteiger partial charge in [-0.25, -0.2) is 4.39 Å². The number of nitrogens with zero attached hydrogens (tertiary/aromatic N) is 1. The van der Waals surface area contributed by atoms with Crippen molar-refractivity contribution in [1.29, 1.82) is 0 Å². The van der Waals surface area contributed by atoms with Gasteiger partial charge in [0.15, 0.2) is 0 Å². The zero-order valence-electron chi connectivity index (χ0n) is 11.5. The smallest absolute Gasteiger partial charge is 0.125 e. The Hall–Kier alpha value is -0.840. The van der Waals surface area contributed by atoms with Gasteiger partial charge in [0.05, 0.1) is 16.2 Å². The molecule has 0 aliphatic carbocycles. The van der Waals surface area contributed by atoms with Crippen molar-refractivity contribution in [3.8, 4) is 0 Å². The maximum atomic E-state index is 13.4. The van der Waals surface area contributed by atoms with Crippen LogP contribution in [0.1, 0.15) is 25.7 Å². The lowest BCUT2D eigenvalue weighted by Crippen LogP contribution is -2.56. The number of piperidine rings is 1. The van der Waals surface area contributed by atoms with E-state index in [4.69, 9.17) is 17.3 Å². The fourth-order valence-electron chi connectivity index (χ4n) is 3.69. The van der Waals surface area contributed by atoms with Gasteiger partial charge in [-0.05, 0) is 44.0 Å². The lowest BCUT2D eigenvalue weighted by atomic mass is 9.85. The van der Waals surface area contributed by atoms with Gasteiger partial charge in [-0.3, -0.25) is 4.90 Å². The van der Waals surface area contributed by atoms with Gasteiger partial charge in [0.25, 0.3) is 0 Å². The summed E-state index contributed by atoms with van der Waals surface area (Å²) >= 11 is 6.19. The highest BCUT2D eigenvalue weighted by atomic mass is 35.5. The summed E-state index contributed by atoms with van der Waals surface area (Å²) in [6.07, 6.45) is 4.64. The van der Waals surface area contributed by atoms with E-state index in [0.717, 1.165) is 25.9 Å². The molecule has 5 heteroatoms. The highest BCUT2D eigenvalue weighted by molar-refractivity contribution is 6.33. The summed E-state index contributed by atoms with van der Waals surface area (Å²) < 4.78 is 13.4. The third-order valence-corrected chi connectivity index (χ3v) is 5.10. The molecule has 0 saturated carbocycles. The Labute approximate surface area is 124 Å². The minimum Gasteiger partial charge on any atom is -0.375 e. The van der Waals surface area contributed by atoms with Crippen LogP contribution in [0.25, 0.3) is 0 Å². The third-order valence-electron chi connectivity index (χ3n) is 4.77. The van der Waals surface area contributed by atoms with Gasteiger partial charge in [0, 0.05) is 19.1 Å². The summed E-state index contributed by atoms with van der Waals surface area (Å²) in [4.78, 5) is 2.51. The molecule has 110 valence electrons. The minimum atomic E-state index is -0.275. The van der Waals surface area contributed by atoms with E-state index in [2.05, 4.69) is 10.2 Å². The number of benzene rings is 1. The SMILES string of the molecule is NCC1(Nc2cc(F)ccc2Cl)CCN2CCCCC21. The summed E-state index contributed by atoms with van der Waals surface area (Å²) in [5, 5.41) is 4.02. The van der Waals surface area contributed by atoms with Crippen molar-refractivity contribution in [3.63, 3.8) is 0 Å². The number of fused-ring (bicyclic) bond motifs is 1. The second kappa shape index (κ2) is 5.51. The second-order valence-corrected chi connectivity index (χ2v) is 6.31. The first-order valence-electron chi connectivity index (χ1n) is 7.32. The number of anilines is 1. The normalized spacial score (nSPS) is 30.2. The van der Waals surface area contributed by atoms with Crippen LogP contribution in [0.5, 0.6) is 0 Å². The molecule has 0 aromatic heterocycles. The van der Waals surface area contributed by atoms with Crippen molar-refractivity contribution in [1.82, 2.24) is 4.90 Å². The molecule has 1 aromatic rings. The number of halogens is 2. The lowest BCUT2D eigenvalue weighted by Gasteiger charge is -2.41. The predicted octanol–water partition coefficient (Wildman–Crippen LogP) is 2.85. The molecule has 2 fully saturated rings. The Morgan fingerprint density at radius 1 is 1.40 bits per heavy atom. The highest BCUT2D eigenvalue weighted by Crippen LogP contribution is 2.38. The van der Waals surface area contributed by atoms with Crippen LogP contribution in [0.3, 0.4) is 0 Å². The molecule has 2 aliphatic heterocycles. The van der Waals surface area contributed by atoms with Crippen molar-refractivity contribution in [2.75, 3.05) is 25.0 Å². The molecule has 3 N–H and O–H groups in total. The monoisotopic (exact) mass is 297 g/mol. The minimum absolute atomic E-state index is 0.183. The van der Waals surface area contributed by atoms with Crippen LogP contribution in [0.4, 0.5) is 10.1 Å². The number of rotatable bonds is 3. The average Bonchev–Trinajstić information content (AvgIpc) is 2.83. The summed E-state index contributed by atoms with van der Waals surface area (Å²) in [6.45, 7) is 2.74. The average molecular weight is 298 g/mol. The predicted molar refractivity (Wildman–Crippen MR) is 80.6 cm³/mol. The maximum absolute atomic E-state index is 13.4. The molecule has 2 aliphatic rings. The Balaban J connectivity index is 1.88. The molecule has 3 rings (SSSR count). The standard InChI is InChI=1S/C15H21ClFN3/c16-12-5-4-11(17)9-13(12)19-15(10-18)6-8-20-7-2-1-3-14(15)20/h4-5,9,14,19H,1-3,6-8,10,18H2. The molecule has 0 spiro atoms. The van der Waals surface area contributed by atoms with Gasteiger partial charge in [-0.15, -0.1) is 0 Å². The molecule has 20 heavy (non-hydrogen) atoms. The fraction of sp³-hybridized carbons (Fsp3) is 0.600. The van der Waals surface area contributed by atoms with Gasteiger partial charge < -0.3 is 11.1 Å². The quantitative estimate of drug-likeness (QED) is 0.901. The molecular weight excluding hydrogens is 277 g/mol. The van der Waals surface area contributed by atoms with Crippen LogP contribution in [-0.4, -0.2) is 36.1 Å². The molecule has 3 nitrogen and oxygen atoms in total. The van der Waals surface area contributed by atoms with Crippen LogP contribution < -0.4 is 11.1 Å². The molecule has 1 aromatic carbocycles. The Kier molecular flexibility index (Phi) is 3.89. The lowest BCUT2D eigenvalue weighted by molar-refractivity contribution is 0.167. The zero-order valence-corrected chi connectivity index (χ0v) is 12.3. The Bertz CT molecular complexity index is 496. The van der Waals surface area contributed by atoms with E-state index >= 15 is 0 Å². The van der Waals surface area contributed by atoms with Crippen LogP contribution in [0.2, 0.25) is 5.02 Å². The van der Waals surface area contributed by atoms with Crippen LogP contribution in [0, 0.1) is 5.82 Å². The van der Waals surface area contributed by atoms with E-state index in [0.29, 0.717) is 23.3 Å². The Morgan fingerprint density at radius 3 is 3.05 bits per heavy atom. The number of hydrogen-bond donors (Lipinski definition) is 2. The van der Waals surface area contributed by atoms with Gasteiger partial charge in [0.1, 0.15) is 5.82 Å². The van der Waals surface area contributed by atoms with Crippen molar-refractivity contribution >= 4 is 17.3 Å². The molecule has 0 bridgehead atoms. The first kappa shape index (κ1) is 14.1. The van der Waals surface area contributed by atoms with E-state index in [1.165, 1.54) is 25.0 Å². The topological polar surface area (TPSA) is 41.3 Å². The number of nitrogens with one attached hydrogen (secondary N) is 1. The summed E-state index contributed by atoms with van der Waals surface area (Å²) in [5.41, 5.74) is 6.56. The van der Waals surface area contributed by atoms with Crippen LogP contribution in [0.15, 0.2) is 18.2 Å². The van der Waals surface area contributed by atoms with E-state index in [-0.39, 0.29) is 11.4 Å². The highest BCUT2D eigenvalue weighted by Gasteiger charge is 2.47. The maximum Gasteiger partial charge on any atom is 0.125 e. The van der Waals surface area contributed by atoms with Gasteiger partial charge in [-0.2, -0.15) is 0 Å². The number of hydrogen-bond acceptors (Lipinski definition) is 3. The van der Waals surface area contributed by atoms with Crippen LogP contribution >= 0.6 is 11.6 Å². The van der Waals surface area contributed by atoms with Crippen molar-refractivity contribution < 1.29 is 4.39 Å². The molecule has 2 heterocycles. The largest absolute Gasteiger partial charge is 0.375 e. The number of nitrogens with two attached hydrogens (primary N) is 1. The third kappa shape index (κ3) is 2.41. The van der Waals surface area contributed by atoms with E-state index in [1.54, 1.807) is 6.07 Å². The fourth-order valence-corrected chi connectivity index (χ4v) is 3.86. The molecule has 0 radical (unpaired) electrons. The Morgan fingerprint density at radius 2 is 2.25 bits per heavy atom. The molecule has 2 atom stereocenters. The molecule has 2 unspecified atom stereocenters. The summed E-state index contributed by atoms with van der Waals surface area (Å²) in [6, 6.07) is 4.87. The van der Waals surface area contributed by atoms with Crippen molar-refractivity contribution in [2.45, 2.75) is 37.3 Å². The summed E-state index contributed by atoms with van der Waals surface area (Å²) in [7, 11) is 0. The second-order valence-electron chi connectivity index (χ2n) is 5.91. The van der Waals surface area contributed by atoms with Gasteiger partial charge in [-0.1, -0.05) is 18.0 Å².